The lowest BCUT2D eigenvalue weighted by molar-refractivity contribution is -0.173. The summed E-state index contributed by atoms with van der Waals surface area (Å²) in [4.78, 5) is 11.7. The summed E-state index contributed by atoms with van der Waals surface area (Å²) in [5.74, 6) is -0.701. The maximum absolute atomic E-state index is 13.4. The Hall–Kier alpha value is -2.51. The number of rotatable bonds is 2. The van der Waals surface area contributed by atoms with Crippen LogP contribution in [-0.4, -0.2) is 29.0 Å². The number of benzene rings is 1. The number of methoxy groups -OCH3 is 1. The second-order valence-corrected chi connectivity index (χ2v) is 5.24. The Labute approximate surface area is 130 Å². The van der Waals surface area contributed by atoms with E-state index >= 15 is 0 Å². The van der Waals surface area contributed by atoms with Crippen LogP contribution in [0.5, 0.6) is 0 Å². The van der Waals surface area contributed by atoms with Crippen molar-refractivity contribution in [3.05, 3.63) is 47.7 Å². The number of nitrogens with zero attached hydrogens (tertiary/aromatic N) is 2. The van der Waals surface area contributed by atoms with Crippen molar-refractivity contribution in [2.75, 3.05) is 12.4 Å². The van der Waals surface area contributed by atoms with E-state index in [1.165, 1.54) is 7.11 Å². The molecule has 1 aromatic carbocycles. The van der Waals surface area contributed by atoms with Gasteiger partial charge in [0.1, 0.15) is 11.4 Å². The Morgan fingerprint density at radius 3 is 2.65 bits per heavy atom. The van der Waals surface area contributed by atoms with Crippen molar-refractivity contribution in [2.45, 2.75) is 24.7 Å². The van der Waals surface area contributed by atoms with Crippen LogP contribution >= 0.6 is 0 Å². The highest BCUT2D eigenvalue weighted by Crippen LogP contribution is 2.44. The number of hydrogen-bond acceptors (Lipinski definition) is 4. The van der Waals surface area contributed by atoms with Gasteiger partial charge in [0.05, 0.1) is 19.3 Å². The zero-order valence-electron chi connectivity index (χ0n) is 12.2. The fraction of sp³-hybridized carbons (Fsp3) is 0.333. The number of fused-ring (bicyclic) bond motifs is 1. The summed E-state index contributed by atoms with van der Waals surface area (Å²) < 4.78 is 45.6. The summed E-state index contributed by atoms with van der Waals surface area (Å²) in [6.07, 6.45) is -3.58. The van der Waals surface area contributed by atoms with Crippen molar-refractivity contribution in [3.8, 4) is 0 Å². The average molecular weight is 325 g/mol. The van der Waals surface area contributed by atoms with Gasteiger partial charge in [0.15, 0.2) is 6.04 Å². The predicted octanol–water partition coefficient (Wildman–Crippen LogP) is 3.33. The number of aromatic nitrogens is 2. The third-order valence-electron chi connectivity index (χ3n) is 3.85. The van der Waals surface area contributed by atoms with Gasteiger partial charge in [0.25, 0.3) is 0 Å². The topological polar surface area (TPSA) is 56.1 Å². The first-order valence-electron chi connectivity index (χ1n) is 6.96. The molecule has 0 spiro atoms. The lowest BCUT2D eigenvalue weighted by Gasteiger charge is -2.33. The van der Waals surface area contributed by atoms with E-state index in [2.05, 4.69) is 15.2 Å². The van der Waals surface area contributed by atoms with Gasteiger partial charge in [-0.25, -0.2) is 9.48 Å². The Kier molecular flexibility index (Phi) is 3.75. The molecule has 1 aliphatic rings. The van der Waals surface area contributed by atoms with Gasteiger partial charge in [0, 0.05) is 6.42 Å². The molecule has 0 amide bonds. The van der Waals surface area contributed by atoms with Crippen LogP contribution in [0, 0.1) is 0 Å². The first kappa shape index (κ1) is 15.4. The van der Waals surface area contributed by atoms with Gasteiger partial charge in [-0.2, -0.15) is 18.3 Å². The average Bonchev–Trinajstić information content (AvgIpc) is 2.97. The van der Waals surface area contributed by atoms with Crippen LogP contribution < -0.4 is 5.32 Å². The summed E-state index contributed by atoms with van der Waals surface area (Å²) in [5, 5.41) is 6.71. The summed E-state index contributed by atoms with van der Waals surface area (Å²) in [6, 6.07) is 6.42. The van der Waals surface area contributed by atoms with Crippen LogP contribution in [0.25, 0.3) is 0 Å². The van der Waals surface area contributed by atoms with Gasteiger partial charge in [-0.1, -0.05) is 30.3 Å². The molecular weight excluding hydrogens is 311 g/mol. The first-order chi connectivity index (χ1) is 10.9. The molecule has 23 heavy (non-hydrogen) atoms. The first-order valence-corrected chi connectivity index (χ1v) is 6.96. The van der Waals surface area contributed by atoms with Gasteiger partial charge in [-0.05, 0) is 5.56 Å². The van der Waals surface area contributed by atoms with E-state index in [1.54, 1.807) is 30.3 Å². The Bertz CT molecular complexity index is 713. The number of hydrogen-bond donors (Lipinski definition) is 1. The number of nitrogens with one attached hydrogen (secondary N) is 1. The van der Waals surface area contributed by atoms with Crippen molar-refractivity contribution in [1.82, 2.24) is 9.78 Å². The predicted molar refractivity (Wildman–Crippen MR) is 76.1 cm³/mol. The van der Waals surface area contributed by atoms with Crippen molar-refractivity contribution in [3.63, 3.8) is 0 Å². The molecule has 0 unspecified atom stereocenters. The summed E-state index contributed by atoms with van der Waals surface area (Å²) in [5.41, 5.74) is 0.701. The minimum atomic E-state index is -4.47. The summed E-state index contributed by atoms with van der Waals surface area (Å²) >= 11 is 0. The van der Waals surface area contributed by atoms with E-state index in [1.807, 2.05) is 0 Å². The molecule has 5 nitrogen and oxygen atoms in total. The molecule has 0 fully saturated rings. The molecule has 1 N–H and O–H groups in total. The highest BCUT2D eigenvalue weighted by Gasteiger charge is 2.47. The maximum Gasteiger partial charge on any atom is 0.410 e. The van der Waals surface area contributed by atoms with Crippen LogP contribution in [0.1, 0.15) is 34.4 Å². The van der Waals surface area contributed by atoms with Gasteiger partial charge in [-0.15, -0.1) is 0 Å². The number of carbonyl (C=O) groups is 1. The van der Waals surface area contributed by atoms with Crippen molar-refractivity contribution >= 4 is 11.8 Å². The van der Waals surface area contributed by atoms with E-state index in [9.17, 15) is 18.0 Å². The summed E-state index contributed by atoms with van der Waals surface area (Å²) in [6.45, 7) is 0. The molecule has 0 saturated carbocycles. The summed E-state index contributed by atoms with van der Waals surface area (Å²) in [7, 11) is 1.17. The molecule has 0 radical (unpaired) electrons. The van der Waals surface area contributed by atoms with Gasteiger partial charge in [0.2, 0.25) is 0 Å². The highest BCUT2D eigenvalue weighted by molar-refractivity contribution is 5.94. The molecule has 8 heteroatoms. The maximum atomic E-state index is 13.4. The minimum absolute atomic E-state index is 0.0117. The van der Waals surface area contributed by atoms with Crippen molar-refractivity contribution in [2.24, 2.45) is 0 Å². The number of esters is 1. The third kappa shape index (κ3) is 2.76. The van der Waals surface area contributed by atoms with E-state index in [-0.39, 0.29) is 17.8 Å². The van der Waals surface area contributed by atoms with Crippen molar-refractivity contribution < 1.29 is 22.7 Å². The number of carbonyl (C=O) groups excluding carboxylic acids is 1. The molecule has 3 rings (SSSR count). The quantitative estimate of drug-likeness (QED) is 0.861. The molecular formula is C15H14F3N3O2. The number of anilines is 1. The highest BCUT2D eigenvalue weighted by atomic mass is 19.4. The molecule has 2 heterocycles. The minimum Gasteiger partial charge on any atom is -0.465 e. The zero-order chi connectivity index (χ0) is 16.6. The van der Waals surface area contributed by atoms with Gasteiger partial charge >= 0.3 is 12.1 Å². The van der Waals surface area contributed by atoms with E-state index < -0.39 is 24.2 Å². The molecule has 122 valence electrons. The fourth-order valence-corrected chi connectivity index (χ4v) is 2.73. The zero-order valence-corrected chi connectivity index (χ0v) is 12.2. The monoisotopic (exact) mass is 325 g/mol. The van der Waals surface area contributed by atoms with Gasteiger partial charge in [-0.3, -0.25) is 0 Å². The fourth-order valence-electron chi connectivity index (χ4n) is 2.73. The molecule has 0 saturated heterocycles. The lowest BCUT2D eigenvalue weighted by Crippen LogP contribution is -2.36. The van der Waals surface area contributed by atoms with Crippen LogP contribution in [0.15, 0.2) is 36.5 Å². The van der Waals surface area contributed by atoms with E-state index in [4.69, 9.17) is 0 Å². The van der Waals surface area contributed by atoms with Crippen LogP contribution in [-0.2, 0) is 4.74 Å². The number of halogens is 3. The second kappa shape index (κ2) is 5.60. The van der Waals surface area contributed by atoms with Crippen LogP contribution in [0.3, 0.4) is 0 Å². The third-order valence-corrected chi connectivity index (χ3v) is 3.85. The van der Waals surface area contributed by atoms with Crippen LogP contribution in [0.2, 0.25) is 0 Å². The molecule has 1 aromatic heterocycles. The Morgan fingerprint density at radius 1 is 1.35 bits per heavy atom. The SMILES string of the molecule is COC(=O)c1cnn2c1N[C@@H](c1ccccc1)C[C@H]2C(F)(F)F. The largest absolute Gasteiger partial charge is 0.465 e. The molecule has 0 bridgehead atoms. The van der Waals surface area contributed by atoms with Gasteiger partial charge < -0.3 is 10.1 Å². The number of ether oxygens (including phenoxy) is 1. The smallest absolute Gasteiger partial charge is 0.410 e. The Balaban J connectivity index is 2.06. The molecule has 2 atom stereocenters. The lowest BCUT2D eigenvalue weighted by atomic mass is 9.96. The molecule has 0 aliphatic carbocycles. The van der Waals surface area contributed by atoms with Crippen LogP contribution in [0.4, 0.5) is 19.0 Å². The molecule has 1 aliphatic heterocycles. The van der Waals surface area contributed by atoms with Crippen molar-refractivity contribution in [1.29, 1.82) is 0 Å². The van der Waals surface area contributed by atoms with E-state index in [0.29, 0.717) is 5.56 Å². The van der Waals surface area contributed by atoms with E-state index in [0.717, 1.165) is 10.9 Å². The number of alkyl halides is 3. The standard InChI is InChI=1S/C15H14F3N3O2/c1-23-14(22)10-8-19-21-12(15(16,17)18)7-11(20-13(10)21)9-5-3-2-4-6-9/h2-6,8,11-12,20H,7H2,1H3/t11-,12+/m1/s1. The second-order valence-electron chi connectivity index (χ2n) is 5.24. The Morgan fingerprint density at radius 2 is 2.04 bits per heavy atom. The molecule has 2 aromatic rings. The normalized spacial score (nSPS) is 20.5.